The zero-order valence-corrected chi connectivity index (χ0v) is 13.5. The van der Waals surface area contributed by atoms with E-state index in [9.17, 15) is 13.2 Å². The van der Waals surface area contributed by atoms with E-state index in [2.05, 4.69) is 9.97 Å². The maximum absolute atomic E-state index is 13.0. The summed E-state index contributed by atoms with van der Waals surface area (Å²) in [5.41, 5.74) is -0.0784. The van der Waals surface area contributed by atoms with Gasteiger partial charge in [-0.1, -0.05) is 11.6 Å². The van der Waals surface area contributed by atoms with E-state index in [1.54, 1.807) is 24.3 Å². The lowest BCUT2D eigenvalue weighted by Gasteiger charge is -2.06. The molecule has 3 aromatic heterocycles. The van der Waals surface area contributed by atoms with Crippen LogP contribution >= 0.6 is 22.9 Å². The van der Waals surface area contributed by atoms with Gasteiger partial charge in [0.2, 0.25) is 0 Å². The average Bonchev–Trinajstić information content (AvgIpc) is 3.14. The fourth-order valence-electron chi connectivity index (χ4n) is 2.06. The minimum atomic E-state index is -4.54. The number of thiophene rings is 1. The number of nitriles is 1. The van der Waals surface area contributed by atoms with Crippen LogP contribution in [0.4, 0.5) is 13.2 Å². The van der Waals surface area contributed by atoms with Gasteiger partial charge in [0.05, 0.1) is 27.0 Å². The van der Waals surface area contributed by atoms with Gasteiger partial charge in [-0.15, -0.1) is 11.3 Å². The van der Waals surface area contributed by atoms with E-state index in [1.165, 1.54) is 10.8 Å². The molecule has 0 fully saturated rings. The van der Waals surface area contributed by atoms with Crippen molar-refractivity contribution in [2.45, 2.75) is 12.7 Å². The predicted molar refractivity (Wildman–Crippen MR) is 83.6 cm³/mol. The summed E-state index contributed by atoms with van der Waals surface area (Å²) in [7, 11) is 0. The van der Waals surface area contributed by atoms with Crippen LogP contribution in [0, 0.1) is 11.3 Å². The fourth-order valence-corrected chi connectivity index (χ4v) is 3.11. The van der Waals surface area contributed by atoms with Crippen molar-refractivity contribution in [1.82, 2.24) is 14.5 Å². The Morgan fingerprint density at radius 3 is 2.58 bits per heavy atom. The lowest BCUT2D eigenvalue weighted by atomic mass is 10.2. The van der Waals surface area contributed by atoms with Crippen LogP contribution in [0.2, 0.25) is 4.34 Å². The molecule has 0 amide bonds. The first kappa shape index (κ1) is 16.5. The molecule has 9 heteroatoms. The molecule has 0 aromatic carbocycles. The molecule has 3 heterocycles. The quantitative estimate of drug-likeness (QED) is 0.679. The second kappa shape index (κ2) is 6.26. The third kappa shape index (κ3) is 3.42. The Balaban J connectivity index is 2.01. The predicted octanol–water partition coefficient (Wildman–Crippen LogP) is 4.60. The summed E-state index contributed by atoms with van der Waals surface area (Å²) in [5, 5.41) is 8.76. The van der Waals surface area contributed by atoms with Crippen LogP contribution in [0.5, 0.6) is 0 Å². The molecule has 3 rings (SSSR count). The monoisotopic (exact) mass is 368 g/mol. The molecule has 0 spiro atoms. The van der Waals surface area contributed by atoms with Crippen molar-refractivity contribution < 1.29 is 13.2 Å². The Labute approximate surface area is 143 Å². The van der Waals surface area contributed by atoms with Gasteiger partial charge in [-0.25, -0.2) is 4.98 Å². The van der Waals surface area contributed by atoms with Crippen molar-refractivity contribution in [2.75, 3.05) is 0 Å². The maximum atomic E-state index is 13.0. The Bertz CT molecular complexity index is 906. The van der Waals surface area contributed by atoms with Gasteiger partial charge in [-0.2, -0.15) is 18.4 Å². The molecule has 0 radical (unpaired) electrons. The molecule has 24 heavy (non-hydrogen) atoms. The lowest BCUT2D eigenvalue weighted by Crippen LogP contribution is -2.05. The van der Waals surface area contributed by atoms with Gasteiger partial charge in [0.1, 0.15) is 6.07 Å². The summed E-state index contributed by atoms with van der Waals surface area (Å²) in [4.78, 5) is 8.32. The Morgan fingerprint density at radius 2 is 2.04 bits per heavy atom. The first-order valence-corrected chi connectivity index (χ1v) is 7.81. The number of hydrogen-bond acceptors (Lipinski definition) is 4. The second-order valence-corrected chi connectivity index (χ2v) is 6.54. The van der Waals surface area contributed by atoms with Crippen LogP contribution in [-0.4, -0.2) is 14.5 Å². The van der Waals surface area contributed by atoms with E-state index in [4.69, 9.17) is 16.9 Å². The topological polar surface area (TPSA) is 54.5 Å². The standard InChI is InChI=1S/C15H8ClF3N4S/c16-13-4-3-11(24-13)14-22-12(15(17,18)19)8-23(14)7-10-2-1-9(5-20)6-21-10/h1-4,6,8H,7H2. The first-order chi connectivity index (χ1) is 11.4. The van der Waals surface area contributed by atoms with Crippen molar-refractivity contribution >= 4 is 22.9 Å². The smallest absolute Gasteiger partial charge is 0.324 e. The number of imidazole rings is 1. The Morgan fingerprint density at radius 1 is 1.25 bits per heavy atom. The molecule has 0 aliphatic carbocycles. The number of aromatic nitrogens is 3. The van der Waals surface area contributed by atoms with E-state index in [1.807, 2.05) is 6.07 Å². The van der Waals surface area contributed by atoms with E-state index in [0.717, 1.165) is 17.5 Å². The van der Waals surface area contributed by atoms with Crippen molar-refractivity contribution in [3.8, 4) is 16.8 Å². The van der Waals surface area contributed by atoms with E-state index in [-0.39, 0.29) is 12.4 Å². The highest BCUT2D eigenvalue weighted by atomic mass is 35.5. The largest absolute Gasteiger partial charge is 0.434 e. The zero-order chi connectivity index (χ0) is 17.3. The average molecular weight is 369 g/mol. The van der Waals surface area contributed by atoms with Gasteiger partial charge in [0, 0.05) is 12.4 Å². The van der Waals surface area contributed by atoms with Crippen molar-refractivity contribution in [2.24, 2.45) is 0 Å². The van der Waals surface area contributed by atoms with Crippen LogP contribution in [0.3, 0.4) is 0 Å². The molecule has 0 unspecified atom stereocenters. The summed E-state index contributed by atoms with van der Waals surface area (Å²) in [6.07, 6.45) is -2.22. The van der Waals surface area contributed by atoms with Gasteiger partial charge in [0.25, 0.3) is 0 Å². The van der Waals surface area contributed by atoms with Gasteiger partial charge in [-0.3, -0.25) is 4.98 Å². The van der Waals surface area contributed by atoms with Gasteiger partial charge in [0.15, 0.2) is 11.5 Å². The molecule has 4 nitrogen and oxygen atoms in total. The molecule has 0 saturated heterocycles. The number of pyridine rings is 1. The number of hydrogen-bond donors (Lipinski definition) is 0. The minimum absolute atomic E-state index is 0.0969. The fraction of sp³-hybridized carbons (Fsp3) is 0.133. The molecular formula is C15H8ClF3N4S. The number of nitrogens with zero attached hydrogens (tertiary/aromatic N) is 4. The third-order valence-corrected chi connectivity index (χ3v) is 4.37. The van der Waals surface area contributed by atoms with Gasteiger partial charge in [-0.05, 0) is 24.3 Å². The van der Waals surface area contributed by atoms with Crippen LogP contribution in [0.25, 0.3) is 10.7 Å². The summed E-state index contributed by atoms with van der Waals surface area (Å²) in [5.74, 6) is 0.172. The number of halogens is 4. The van der Waals surface area contributed by atoms with Crippen molar-refractivity contribution in [3.05, 3.63) is 57.9 Å². The molecule has 0 aliphatic heterocycles. The van der Waals surface area contributed by atoms with Crippen molar-refractivity contribution in [1.29, 1.82) is 5.26 Å². The molecule has 0 aliphatic rings. The number of rotatable bonds is 3. The molecule has 122 valence electrons. The molecular weight excluding hydrogens is 361 g/mol. The molecule has 3 aromatic rings. The first-order valence-electron chi connectivity index (χ1n) is 6.62. The maximum Gasteiger partial charge on any atom is 0.434 e. The van der Waals surface area contributed by atoms with E-state index < -0.39 is 11.9 Å². The highest BCUT2D eigenvalue weighted by molar-refractivity contribution is 7.19. The molecule has 0 saturated carbocycles. The Hall–Kier alpha value is -2.37. The van der Waals surface area contributed by atoms with E-state index >= 15 is 0 Å². The summed E-state index contributed by atoms with van der Waals surface area (Å²) >= 11 is 7.02. The lowest BCUT2D eigenvalue weighted by molar-refractivity contribution is -0.140. The summed E-state index contributed by atoms with van der Waals surface area (Å²) in [6, 6.07) is 8.32. The van der Waals surface area contributed by atoms with Gasteiger partial charge >= 0.3 is 6.18 Å². The van der Waals surface area contributed by atoms with Crippen LogP contribution in [0.15, 0.2) is 36.7 Å². The van der Waals surface area contributed by atoms with Crippen molar-refractivity contribution in [3.63, 3.8) is 0 Å². The Kier molecular flexibility index (Phi) is 4.30. The van der Waals surface area contributed by atoms with Crippen LogP contribution in [0.1, 0.15) is 17.0 Å². The SMILES string of the molecule is N#Cc1ccc(Cn2cc(C(F)(F)F)nc2-c2ccc(Cl)s2)nc1. The molecule has 0 bridgehead atoms. The van der Waals surface area contributed by atoms with E-state index in [0.29, 0.717) is 20.5 Å². The number of alkyl halides is 3. The third-order valence-electron chi connectivity index (χ3n) is 3.15. The highest BCUT2D eigenvalue weighted by Gasteiger charge is 2.35. The highest BCUT2D eigenvalue weighted by Crippen LogP contribution is 2.35. The summed E-state index contributed by atoms with van der Waals surface area (Å²) < 4.78 is 40.8. The van der Waals surface area contributed by atoms with Crippen LogP contribution < -0.4 is 0 Å². The normalized spacial score (nSPS) is 11.5. The summed E-state index contributed by atoms with van der Waals surface area (Å²) in [6.45, 7) is 0.0969. The van der Waals surface area contributed by atoms with Gasteiger partial charge < -0.3 is 4.57 Å². The molecule has 0 atom stereocenters. The minimum Gasteiger partial charge on any atom is -0.324 e. The zero-order valence-electron chi connectivity index (χ0n) is 11.9. The van der Waals surface area contributed by atoms with Crippen LogP contribution in [-0.2, 0) is 12.7 Å². The second-order valence-electron chi connectivity index (χ2n) is 4.83. The molecule has 0 N–H and O–H groups in total.